The molecule has 28 heavy (non-hydrogen) atoms. The lowest BCUT2D eigenvalue weighted by Gasteiger charge is -2.05. The van der Waals surface area contributed by atoms with Crippen molar-refractivity contribution in [1.29, 1.82) is 0 Å². The molecule has 0 heterocycles. The van der Waals surface area contributed by atoms with Gasteiger partial charge in [0, 0.05) is 0 Å². The zero-order chi connectivity index (χ0) is 20.8. The van der Waals surface area contributed by atoms with Crippen molar-refractivity contribution in [2.24, 2.45) is 4.99 Å². The summed E-state index contributed by atoms with van der Waals surface area (Å²) in [5.41, 5.74) is 0. The molecule has 0 aromatic carbocycles. The minimum atomic E-state index is -4.27. The SMILES string of the molecule is O=C=NCCCCCCCCCCCCCCCCCCCCOP(=O)(O)O. The summed E-state index contributed by atoms with van der Waals surface area (Å²) < 4.78 is 14.9. The van der Waals surface area contributed by atoms with Gasteiger partial charge >= 0.3 is 7.82 Å². The quantitative estimate of drug-likeness (QED) is 0.0909. The number of phosphoric acid groups is 1. The van der Waals surface area contributed by atoms with Crippen LogP contribution in [-0.2, 0) is 13.9 Å². The normalized spacial score (nSPS) is 11.5. The molecule has 0 rings (SSSR count). The molecule has 0 aromatic rings. The minimum absolute atomic E-state index is 0.155. The zero-order valence-corrected chi connectivity index (χ0v) is 18.6. The molecule has 166 valence electrons. The highest BCUT2D eigenvalue weighted by molar-refractivity contribution is 7.46. The van der Waals surface area contributed by atoms with Crippen LogP contribution >= 0.6 is 7.82 Å². The molecule has 0 aliphatic carbocycles. The van der Waals surface area contributed by atoms with Gasteiger partial charge in [-0.15, -0.1) is 0 Å². The molecule has 0 bridgehead atoms. The molecule has 2 N–H and O–H groups in total. The number of hydrogen-bond acceptors (Lipinski definition) is 4. The predicted octanol–water partition coefficient (Wildman–Crippen LogP) is 6.45. The van der Waals surface area contributed by atoms with Crippen LogP contribution in [0.4, 0.5) is 0 Å². The molecule has 7 heteroatoms. The molecule has 0 saturated carbocycles. The molecule has 0 atom stereocenters. The van der Waals surface area contributed by atoms with Crippen LogP contribution in [0, 0.1) is 0 Å². The summed E-state index contributed by atoms with van der Waals surface area (Å²) in [5, 5.41) is 0. The molecule has 0 aromatic heterocycles. The highest BCUT2D eigenvalue weighted by Crippen LogP contribution is 2.35. The van der Waals surface area contributed by atoms with Gasteiger partial charge in [0.2, 0.25) is 6.08 Å². The summed E-state index contributed by atoms with van der Waals surface area (Å²) in [6.07, 6.45) is 23.8. The van der Waals surface area contributed by atoms with E-state index in [1.807, 2.05) is 0 Å². The highest BCUT2D eigenvalue weighted by atomic mass is 31.2. The number of aliphatic imine (C=N–C) groups is 1. The summed E-state index contributed by atoms with van der Waals surface area (Å²) in [5.74, 6) is 0. The Hall–Kier alpha value is -0.510. The van der Waals surface area contributed by atoms with Gasteiger partial charge in [-0.1, -0.05) is 103 Å². The van der Waals surface area contributed by atoms with E-state index in [-0.39, 0.29) is 6.61 Å². The third kappa shape index (κ3) is 25.5. The first-order valence-corrected chi connectivity index (χ1v) is 12.8. The Balaban J connectivity index is 3.05. The number of nitrogens with zero attached hydrogens (tertiary/aromatic N) is 1. The van der Waals surface area contributed by atoms with Gasteiger partial charge in [0.1, 0.15) is 0 Å². The highest BCUT2D eigenvalue weighted by Gasteiger charge is 2.12. The van der Waals surface area contributed by atoms with E-state index in [2.05, 4.69) is 9.52 Å². The summed E-state index contributed by atoms with van der Waals surface area (Å²) in [7, 11) is -4.27. The molecule has 0 fully saturated rings. The number of hydrogen-bond donors (Lipinski definition) is 2. The maximum atomic E-state index is 10.5. The van der Waals surface area contributed by atoms with E-state index in [4.69, 9.17) is 9.79 Å². The first kappa shape index (κ1) is 27.5. The van der Waals surface area contributed by atoms with E-state index in [0.29, 0.717) is 6.54 Å². The monoisotopic (exact) mass is 419 g/mol. The van der Waals surface area contributed by atoms with Gasteiger partial charge in [0.05, 0.1) is 13.2 Å². The van der Waals surface area contributed by atoms with Gasteiger partial charge in [-0.2, -0.15) is 0 Å². The van der Waals surface area contributed by atoms with Gasteiger partial charge in [-0.05, 0) is 12.8 Å². The van der Waals surface area contributed by atoms with Crippen LogP contribution in [0.2, 0.25) is 0 Å². The van der Waals surface area contributed by atoms with Crippen molar-refractivity contribution in [1.82, 2.24) is 0 Å². The topological polar surface area (TPSA) is 96.2 Å². The standard InChI is InChI=1S/C21H42NO5P/c23-21-22-19-17-15-13-11-9-7-5-3-1-2-4-6-8-10-12-14-16-18-20-27-28(24,25)26/h1-20H2,(H2,24,25,26). The van der Waals surface area contributed by atoms with Gasteiger partial charge in [0.25, 0.3) is 0 Å². The third-order valence-electron chi connectivity index (χ3n) is 4.99. The van der Waals surface area contributed by atoms with Crippen LogP contribution in [0.1, 0.15) is 116 Å². The van der Waals surface area contributed by atoms with Crippen LogP contribution in [0.15, 0.2) is 4.99 Å². The van der Waals surface area contributed by atoms with Crippen LogP contribution in [0.5, 0.6) is 0 Å². The fourth-order valence-electron chi connectivity index (χ4n) is 3.35. The predicted molar refractivity (Wildman–Crippen MR) is 114 cm³/mol. The maximum Gasteiger partial charge on any atom is 0.469 e. The number of rotatable bonds is 22. The lowest BCUT2D eigenvalue weighted by Crippen LogP contribution is -1.92. The molecule has 0 aliphatic heterocycles. The van der Waals surface area contributed by atoms with E-state index in [1.54, 1.807) is 6.08 Å². The van der Waals surface area contributed by atoms with Crippen LogP contribution < -0.4 is 0 Å². The van der Waals surface area contributed by atoms with Crippen LogP contribution in [-0.4, -0.2) is 29.0 Å². The number of unbranched alkanes of at least 4 members (excludes halogenated alkanes) is 17. The average molecular weight is 420 g/mol. The number of phosphoric ester groups is 1. The van der Waals surface area contributed by atoms with E-state index in [1.165, 1.54) is 89.9 Å². The van der Waals surface area contributed by atoms with Crippen molar-refractivity contribution in [2.45, 2.75) is 116 Å². The Morgan fingerprint density at radius 1 is 0.607 bits per heavy atom. The Labute approximate surface area is 171 Å². The summed E-state index contributed by atoms with van der Waals surface area (Å²) in [6, 6.07) is 0. The minimum Gasteiger partial charge on any atom is -0.303 e. The first-order chi connectivity index (χ1) is 13.6. The molecular formula is C21H42NO5P. The molecule has 0 radical (unpaired) electrons. The lowest BCUT2D eigenvalue weighted by atomic mass is 10.0. The number of isocyanates is 1. The fraction of sp³-hybridized carbons (Fsp3) is 0.952. The van der Waals surface area contributed by atoms with E-state index in [9.17, 15) is 9.36 Å². The fourth-order valence-corrected chi connectivity index (χ4v) is 3.72. The number of carbonyl (C=O) groups excluding carboxylic acids is 1. The van der Waals surface area contributed by atoms with E-state index >= 15 is 0 Å². The summed E-state index contributed by atoms with van der Waals surface area (Å²) >= 11 is 0. The first-order valence-electron chi connectivity index (χ1n) is 11.3. The van der Waals surface area contributed by atoms with Gasteiger partial charge in [-0.3, -0.25) is 4.52 Å². The second-order valence-electron chi connectivity index (χ2n) is 7.66. The molecule has 0 spiro atoms. The van der Waals surface area contributed by atoms with Gasteiger partial charge < -0.3 is 9.79 Å². The van der Waals surface area contributed by atoms with Gasteiger partial charge in [0.15, 0.2) is 0 Å². The third-order valence-corrected chi connectivity index (χ3v) is 5.51. The molecule has 0 aliphatic rings. The summed E-state index contributed by atoms with van der Waals surface area (Å²) in [4.78, 5) is 30.6. The van der Waals surface area contributed by atoms with Crippen molar-refractivity contribution in [3.05, 3.63) is 0 Å². The van der Waals surface area contributed by atoms with Crippen molar-refractivity contribution >= 4 is 13.9 Å². The molecule has 0 amide bonds. The van der Waals surface area contributed by atoms with Gasteiger partial charge in [-0.25, -0.2) is 14.4 Å². The second kappa shape index (κ2) is 21.2. The molecule has 6 nitrogen and oxygen atoms in total. The molecular weight excluding hydrogens is 377 g/mol. The lowest BCUT2D eigenvalue weighted by molar-refractivity contribution is 0.193. The van der Waals surface area contributed by atoms with Crippen molar-refractivity contribution in [2.75, 3.05) is 13.2 Å². The second-order valence-corrected chi connectivity index (χ2v) is 8.90. The van der Waals surface area contributed by atoms with Crippen LogP contribution in [0.3, 0.4) is 0 Å². The Kier molecular flexibility index (Phi) is 20.8. The maximum absolute atomic E-state index is 10.5. The van der Waals surface area contributed by atoms with Crippen LogP contribution in [0.25, 0.3) is 0 Å². The molecule has 0 saturated heterocycles. The van der Waals surface area contributed by atoms with E-state index in [0.717, 1.165) is 25.7 Å². The van der Waals surface area contributed by atoms with Crippen molar-refractivity contribution < 1.29 is 23.7 Å². The zero-order valence-electron chi connectivity index (χ0n) is 17.7. The molecule has 0 unspecified atom stereocenters. The Bertz CT molecular complexity index is 421. The van der Waals surface area contributed by atoms with E-state index < -0.39 is 7.82 Å². The van der Waals surface area contributed by atoms with Crippen molar-refractivity contribution in [3.63, 3.8) is 0 Å². The smallest absolute Gasteiger partial charge is 0.303 e. The largest absolute Gasteiger partial charge is 0.469 e. The Morgan fingerprint density at radius 2 is 0.929 bits per heavy atom. The average Bonchev–Trinajstić information content (AvgIpc) is 2.65. The van der Waals surface area contributed by atoms with Crippen molar-refractivity contribution in [3.8, 4) is 0 Å². The summed E-state index contributed by atoms with van der Waals surface area (Å²) in [6.45, 7) is 0.795. The Morgan fingerprint density at radius 3 is 1.25 bits per heavy atom.